The van der Waals surface area contributed by atoms with Gasteiger partial charge in [-0.3, -0.25) is 0 Å². The Bertz CT molecular complexity index is 345. The maximum absolute atomic E-state index is 10.3. The van der Waals surface area contributed by atoms with Crippen LogP contribution >= 0.6 is 0 Å². The molecule has 0 aliphatic carbocycles. The van der Waals surface area contributed by atoms with Crippen LogP contribution < -0.4 is 0 Å². The van der Waals surface area contributed by atoms with Gasteiger partial charge in [-0.15, -0.1) is 0 Å². The molecule has 7 nitrogen and oxygen atoms in total. The molecule has 0 unspecified atom stereocenters. The molecule has 0 aromatic carbocycles. The number of hydrogen-bond donors (Lipinski definition) is 1. The van der Waals surface area contributed by atoms with E-state index in [2.05, 4.69) is 10.1 Å². The third-order valence-corrected chi connectivity index (χ3v) is 2.46. The molecule has 0 fully saturated rings. The minimum absolute atomic E-state index is 0.223. The lowest BCUT2D eigenvalue weighted by Crippen LogP contribution is -2.32. The lowest BCUT2D eigenvalue weighted by molar-refractivity contribution is -0.394. The highest BCUT2D eigenvalue weighted by atomic mass is 16.6. The van der Waals surface area contributed by atoms with Crippen LogP contribution in [0.1, 0.15) is 26.7 Å². The number of nitro groups is 1. The Morgan fingerprint density at radius 3 is 2.60 bits per heavy atom. The second kappa shape index (κ2) is 4.35. The van der Waals surface area contributed by atoms with E-state index in [9.17, 15) is 15.2 Å². The lowest BCUT2D eigenvalue weighted by Gasteiger charge is -2.23. The molecule has 0 amide bonds. The monoisotopic (exact) mass is 214 g/mol. The zero-order chi connectivity index (χ0) is 11.5. The van der Waals surface area contributed by atoms with Gasteiger partial charge in [0.05, 0.1) is 12.1 Å². The SMILES string of the molecule is CCC(O)(CC)Cn1cnc([N+](=O)[O-])n1. The van der Waals surface area contributed by atoms with E-state index in [0.29, 0.717) is 12.8 Å². The second-order valence-corrected chi connectivity index (χ2v) is 3.43. The molecule has 1 N–H and O–H groups in total. The zero-order valence-electron chi connectivity index (χ0n) is 8.75. The van der Waals surface area contributed by atoms with Gasteiger partial charge in [-0.25, -0.2) is 0 Å². The minimum Gasteiger partial charge on any atom is -0.390 e. The first-order valence-corrected chi connectivity index (χ1v) is 4.77. The molecular formula is C8H14N4O3. The predicted molar refractivity (Wildman–Crippen MR) is 52.2 cm³/mol. The summed E-state index contributed by atoms with van der Waals surface area (Å²) >= 11 is 0. The summed E-state index contributed by atoms with van der Waals surface area (Å²) in [6, 6.07) is 0. The Balaban J connectivity index is 2.76. The fourth-order valence-electron chi connectivity index (χ4n) is 1.22. The first kappa shape index (κ1) is 11.6. The minimum atomic E-state index is -0.873. The van der Waals surface area contributed by atoms with E-state index in [1.807, 2.05) is 13.8 Å². The van der Waals surface area contributed by atoms with E-state index in [1.165, 1.54) is 11.0 Å². The van der Waals surface area contributed by atoms with Crippen LogP contribution in [-0.2, 0) is 6.54 Å². The molecule has 15 heavy (non-hydrogen) atoms. The van der Waals surface area contributed by atoms with Crippen molar-refractivity contribution in [2.24, 2.45) is 0 Å². The highest BCUT2D eigenvalue weighted by Gasteiger charge is 2.26. The van der Waals surface area contributed by atoms with Gasteiger partial charge in [0.15, 0.2) is 0 Å². The molecule has 0 saturated carbocycles. The fraction of sp³-hybridized carbons (Fsp3) is 0.750. The van der Waals surface area contributed by atoms with Crippen molar-refractivity contribution in [2.45, 2.75) is 38.8 Å². The van der Waals surface area contributed by atoms with Gasteiger partial charge in [0.25, 0.3) is 0 Å². The van der Waals surface area contributed by atoms with Crippen LogP contribution in [0.2, 0.25) is 0 Å². The van der Waals surface area contributed by atoms with Gasteiger partial charge in [-0.2, -0.15) is 4.68 Å². The Morgan fingerprint density at radius 2 is 2.20 bits per heavy atom. The number of nitrogens with zero attached hydrogens (tertiary/aromatic N) is 4. The van der Waals surface area contributed by atoms with E-state index >= 15 is 0 Å². The van der Waals surface area contributed by atoms with Crippen LogP contribution in [-0.4, -0.2) is 30.4 Å². The van der Waals surface area contributed by atoms with Crippen molar-refractivity contribution in [3.05, 3.63) is 16.4 Å². The third-order valence-electron chi connectivity index (χ3n) is 2.46. The fourth-order valence-corrected chi connectivity index (χ4v) is 1.22. The first-order chi connectivity index (χ1) is 7.00. The molecular weight excluding hydrogens is 200 g/mol. The third kappa shape index (κ3) is 2.72. The second-order valence-electron chi connectivity index (χ2n) is 3.43. The Kier molecular flexibility index (Phi) is 3.35. The first-order valence-electron chi connectivity index (χ1n) is 4.77. The number of hydrogen-bond acceptors (Lipinski definition) is 5. The van der Waals surface area contributed by atoms with E-state index < -0.39 is 16.5 Å². The van der Waals surface area contributed by atoms with E-state index in [0.717, 1.165) is 0 Å². The van der Waals surface area contributed by atoms with Gasteiger partial charge in [0.2, 0.25) is 6.33 Å². The standard InChI is InChI=1S/C8H14N4O3/c1-3-8(13,4-2)5-11-6-9-7(10-11)12(14)15/h6,13H,3-5H2,1-2H3. The number of aliphatic hydroxyl groups is 1. The summed E-state index contributed by atoms with van der Waals surface area (Å²) in [6.07, 6.45) is 2.39. The summed E-state index contributed by atoms with van der Waals surface area (Å²) in [5, 5.41) is 23.9. The van der Waals surface area contributed by atoms with Gasteiger partial charge in [-0.05, 0) is 17.8 Å². The van der Waals surface area contributed by atoms with Crippen molar-refractivity contribution in [3.8, 4) is 0 Å². The Labute approximate surface area is 86.9 Å². The predicted octanol–water partition coefficient (Wildman–Crippen LogP) is 0.737. The molecule has 0 radical (unpaired) electrons. The van der Waals surface area contributed by atoms with Crippen LogP contribution in [0.25, 0.3) is 0 Å². The molecule has 1 heterocycles. The quantitative estimate of drug-likeness (QED) is 0.576. The number of rotatable bonds is 5. The lowest BCUT2D eigenvalue weighted by atomic mass is 9.98. The summed E-state index contributed by atoms with van der Waals surface area (Å²) in [5.41, 5.74) is -0.873. The molecule has 0 aliphatic heterocycles. The highest BCUT2D eigenvalue weighted by Crippen LogP contribution is 2.17. The van der Waals surface area contributed by atoms with Crippen LogP contribution in [0.5, 0.6) is 0 Å². The van der Waals surface area contributed by atoms with Crippen molar-refractivity contribution >= 4 is 5.95 Å². The van der Waals surface area contributed by atoms with Crippen molar-refractivity contribution in [1.29, 1.82) is 0 Å². The van der Waals surface area contributed by atoms with Gasteiger partial charge in [0, 0.05) is 5.10 Å². The largest absolute Gasteiger partial charge is 0.490 e. The molecule has 0 saturated heterocycles. The molecule has 0 aliphatic rings. The molecule has 1 aromatic rings. The number of aromatic nitrogens is 3. The van der Waals surface area contributed by atoms with E-state index in [4.69, 9.17) is 0 Å². The summed E-state index contributed by atoms with van der Waals surface area (Å²) in [7, 11) is 0. The topological polar surface area (TPSA) is 94.1 Å². The van der Waals surface area contributed by atoms with Gasteiger partial charge >= 0.3 is 5.95 Å². The van der Waals surface area contributed by atoms with Crippen LogP contribution in [0.15, 0.2) is 6.33 Å². The molecule has 1 rings (SSSR count). The molecule has 1 aromatic heterocycles. The smallest absolute Gasteiger partial charge is 0.390 e. The summed E-state index contributed by atoms with van der Waals surface area (Å²) in [4.78, 5) is 13.2. The molecule has 7 heteroatoms. The van der Waals surface area contributed by atoms with E-state index in [1.54, 1.807) is 0 Å². The van der Waals surface area contributed by atoms with Gasteiger partial charge < -0.3 is 15.2 Å². The van der Waals surface area contributed by atoms with Crippen LogP contribution in [0, 0.1) is 10.1 Å². The average molecular weight is 214 g/mol. The normalized spacial score (nSPS) is 11.7. The van der Waals surface area contributed by atoms with Crippen molar-refractivity contribution < 1.29 is 10.0 Å². The Hall–Kier alpha value is -1.50. The molecule has 84 valence electrons. The highest BCUT2D eigenvalue weighted by molar-refractivity contribution is 4.97. The summed E-state index contributed by atoms with van der Waals surface area (Å²) < 4.78 is 1.30. The van der Waals surface area contributed by atoms with Crippen molar-refractivity contribution in [2.75, 3.05) is 0 Å². The zero-order valence-corrected chi connectivity index (χ0v) is 8.75. The Morgan fingerprint density at radius 1 is 1.60 bits per heavy atom. The van der Waals surface area contributed by atoms with Crippen LogP contribution in [0.4, 0.5) is 5.95 Å². The van der Waals surface area contributed by atoms with Crippen molar-refractivity contribution in [3.63, 3.8) is 0 Å². The van der Waals surface area contributed by atoms with E-state index in [-0.39, 0.29) is 6.54 Å². The summed E-state index contributed by atoms with van der Waals surface area (Å²) in [5.74, 6) is -0.440. The average Bonchev–Trinajstić information content (AvgIpc) is 2.66. The maximum Gasteiger partial charge on any atom is 0.490 e. The van der Waals surface area contributed by atoms with Crippen molar-refractivity contribution in [1.82, 2.24) is 14.8 Å². The van der Waals surface area contributed by atoms with Gasteiger partial charge in [-0.1, -0.05) is 18.8 Å². The molecule has 0 spiro atoms. The van der Waals surface area contributed by atoms with Gasteiger partial charge in [0.1, 0.15) is 0 Å². The molecule has 0 atom stereocenters. The van der Waals surface area contributed by atoms with Crippen LogP contribution in [0.3, 0.4) is 0 Å². The maximum atomic E-state index is 10.3. The summed E-state index contributed by atoms with van der Waals surface area (Å²) in [6.45, 7) is 3.94. The molecule has 0 bridgehead atoms.